The summed E-state index contributed by atoms with van der Waals surface area (Å²) in [6.45, 7) is 0. The Bertz CT molecular complexity index is 11.6. The molecule has 4 heteroatoms. The molecule has 0 aromatic rings. The van der Waals surface area contributed by atoms with E-state index in [0.717, 1.165) is 0 Å². The summed E-state index contributed by atoms with van der Waals surface area (Å²) in [5.74, 6) is 0. The molecule has 0 atom stereocenters. The maximum absolute atomic E-state index is 0. The molecule has 0 aliphatic heterocycles. The molecule has 3 radical (unpaired) electrons. The fraction of sp³-hybridized carbons (Fsp3) is 1.00. The molecule has 0 saturated heterocycles. The van der Waals surface area contributed by atoms with Gasteiger partial charge < -0.3 is 6.15 Å². The second-order valence-electron chi connectivity index (χ2n) is 0. The van der Waals surface area contributed by atoms with Crippen molar-refractivity contribution in [2.75, 3.05) is 0 Å². The van der Waals surface area contributed by atoms with Crippen molar-refractivity contribution in [3.05, 3.63) is 0 Å². The Balaban J connectivity index is 0. The minimum Gasteiger partial charge on any atom is -0.344 e. The Morgan fingerprint density at radius 3 is 1.00 bits per heavy atom. The Kier molecular flexibility index (Phi) is 2930. The van der Waals surface area contributed by atoms with Crippen molar-refractivity contribution in [1.82, 2.24) is 6.15 Å². The summed E-state index contributed by atoms with van der Waals surface area (Å²) in [6.07, 6.45) is 0. The van der Waals surface area contributed by atoms with Crippen molar-refractivity contribution >= 4 is 19.4 Å². The first kappa shape index (κ1) is 167. The van der Waals surface area contributed by atoms with Gasteiger partial charge in [0.05, 0.1) is 0 Å². The van der Waals surface area contributed by atoms with Crippen LogP contribution in [0, 0.1) is 0 Å². The molecule has 0 saturated carbocycles. The van der Waals surface area contributed by atoms with Gasteiger partial charge >= 0.3 is 0 Å². The second-order valence-corrected chi connectivity index (χ2v) is 0. The van der Waals surface area contributed by atoms with E-state index in [-0.39, 0.29) is 54.0 Å². The van der Waals surface area contributed by atoms with E-state index in [1.807, 2.05) is 0 Å². The van der Waals surface area contributed by atoms with Crippen LogP contribution in [0.1, 0.15) is 7.43 Å². The quantitative estimate of drug-likeness (QED) is 0.555. The van der Waals surface area contributed by atoms with Crippen molar-refractivity contribution in [2.45, 2.75) is 7.43 Å². The minimum absolute atomic E-state index is 0. The molecule has 0 aromatic carbocycles. The molecule has 5 heavy (non-hydrogen) atoms. The molecule has 0 amide bonds. The normalized spacial score (nSPS) is 0. The molecule has 0 fully saturated rings. The van der Waals surface area contributed by atoms with Gasteiger partial charge in [-0.05, 0) is 11.0 Å². The van der Waals surface area contributed by atoms with Gasteiger partial charge in [0.1, 0.15) is 0 Å². The Labute approximate surface area is 54.4 Å². The van der Waals surface area contributed by atoms with E-state index in [0.29, 0.717) is 0 Å². The predicted molar refractivity (Wildman–Crippen MR) is 28.8 cm³/mol. The first-order valence-corrected chi connectivity index (χ1v) is 0. The number of hydrogen-bond acceptors (Lipinski definition) is 1. The maximum atomic E-state index is 0. The van der Waals surface area contributed by atoms with Gasteiger partial charge in [0.15, 0.2) is 0 Å². The minimum atomic E-state index is 0. The Morgan fingerprint density at radius 2 is 1.00 bits per heavy atom. The van der Waals surface area contributed by atoms with Crippen molar-refractivity contribution in [2.24, 2.45) is 0 Å². The maximum Gasteiger partial charge on any atom is 0 e. The van der Waals surface area contributed by atoms with E-state index in [2.05, 4.69) is 0 Å². The van der Waals surface area contributed by atoms with Gasteiger partial charge in [-0.1, -0.05) is 7.43 Å². The zero-order chi connectivity index (χ0) is 0. The zero-order valence-electron chi connectivity index (χ0n) is 1.69. The molecule has 3 N–H and O–H groups in total. The van der Waals surface area contributed by atoms with Gasteiger partial charge in [0.25, 0.3) is 0 Å². The zero-order valence-corrected chi connectivity index (χ0v) is 4.63. The summed E-state index contributed by atoms with van der Waals surface area (Å²) >= 11 is 0. The van der Waals surface area contributed by atoms with Gasteiger partial charge in [-0.3, -0.25) is 0 Å². The number of hydrogen-bond donors (Lipinski definition) is 1. The van der Waals surface area contributed by atoms with Crippen LogP contribution in [0.25, 0.3) is 0 Å². The van der Waals surface area contributed by atoms with Crippen LogP contribution in [0.5, 0.6) is 0 Å². The average Bonchev–Trinajstić information content (AvgIpc) is 0. The van der Waals surface area contributed by atoms with E-state index >= 15 is 0 Å². The number of rotatable bonds is 0. The predicted octanol–water partition coefficient (Wildman–Crippen LogP) is -1.04. The van der Waals surface area contributed by atoms with Gasteiger partial charge in [0, 0.05) is 29.5 Å². The molecule has 33 valence electrons. The van der Waals surface area contributed by atoms with Gasteiger partial charge in [-0.25, -0.2) is 0 Å². The van der Waals surface area contributed by atoms with Crippen molar-refractivity contribution < 1.29 is 21.1 Å². The average molecular weight is 260 g/mol. The van der Waals surface area contributed by atoms with Crippen molar-refractivity contribution in [1.29, 1.82) is 0 Å². The van der Waals surface area contributed by atoms with Gasteiger partial charge in [-0.2, -0.15) is 0 Å². The van der Waals surface area contributed by atoms with E-state index in [1.54, 1.807) is 0 Å². The summed E-state index contributed by atoms with van der Waals surface area (Å²) in [5.41, 5.74) is 0. The topological polar surface area (TPSA) is 35.0 Å². The summed E-state index contributed by atoms with van der Waals surface area (Å²) in [4.78, 5) is 0. The molecule has 0 rings (SSSR count). The summed E-state index contributed by atoms with van der Waals surface area (Å²) < 4.78 is 0. The third-order valence-electron chi connectivity index (χ3n) is 0. The molecule has 0 aromatic heterocycles. The van der Waals surface area contributed by atoms with E-state index in [9.17, 15) is 0 Å². The van der Waals surface area contributed by atoms with Gasteiger partial charge in [-0.15, -0.1) is 0 Å². The molecule has 0 bridgehead atoms. The summed E-state index contributed by atoms with van der Waals surface area (Å²) in [7, 11) is 0. The molecule has 0 spiro atoms. The Morgan fingerprint density at radius 1 is 1.00 bits per heavy atom. The van der Waals surface area contributed by atoms with Crippen LogP contribution in [0.15, 0.2) is 0 Å². The third kappa shape index (κ3) is 48.9. The molecule has 0 heterocycles. The van der Waals surface area contributed by atoms with E-state index in [4.69, 9.17) is 0 Å². The van der Waals surface area contributed by atoms with Crippen LogP contribution in [-0.2, 0) is 21.1 Å². The van der Waals surface area contributed by atoms with Crippen LogP contribution in [0.2, 0.25) is 0 Å². The molecular weight excluding hydrogens is 249 g/mol. The second kappa shape index (κ2) is 88.0. The first-order chi connectivity index (χ1) is 0. The molecule has 0 aliphatic carbocycles. The fourth-order valence-corrected chi connectivity index (χ4v) is 0. The smallest absolute Gasteiger partial charge is 0 e. The standard InChI is InChI=1S/CH4.B.H3N.H4Si.W/h1H4;;1H3;1H4;. The molecule has 0 aliphatic rings. The van der Waals surface area contributed by atoms with Crippen LogP contribution in [0.4, 0.5) is 0 Å². The van der Waals surface area contributed by atoms with Gasteiger partial charge in [0.2, 0.25) is 0 Å². The largest absolute Gasteiger partial charge is 0.344 e. The van der Waals surface area contributed by atoms with Crippen molar-refractivity contribution in [3.63, 3.8) is 0 Å². The monoisotopic (exact) mass is 260 g/mol. The Hall–Kier alpha value is 0.930. The third-order valence-corrected chi connectivity index (χ3v) is 0. The SMILES string of the molecule is C.N.[B].[SiH4].[W]. The van der Waals surface area contributed by atoms with Crippen LogP contribution >= 0.6 is 0 Å². The molecule has 0 unspecified atom stereocenters. The fourth-order valence-electron chi connectivity index (χ4n) is 0. The van der Waals surface area contributed by atoms with Crippen LogP contribution < -0.4 is 6.15 Å². The first-order valence-electron chi connectivity index (χ1n) is 0. The van der Waals surface area contributed by atoms with Crippen molar-refractivity contribution in [3.8, 4) is 0 Å². The van der Waals surface area contributed by atoms with Crippen LogP contribution in [0.3, 0.4) is 0 Å². The van der Waals surface area contributed by atoms with E-state index < -0.39 is 0 Å². The van der Waals surface area contributed by atoms with Crippen LogP contribution in [-0.4, -0.2) is 19.4 Å². The summed E-state index contributed by atoms with van der Waals surface area (Å²) in [6, 6.07) is 0. The molecule has 1 nitrogen and oxygen atoms in total. The van der Waals surface area contributed by atoms with E-state index in [1.165, 1.54) is 0 Å². The molecular formula is CH11BNSiW. The summed E-state index contributed by atoms with van der Waals surface area (Å²) in [5, 5.41) is 0.